The molecule has 2 rings (SSSR count). The Morgan fingerprint density at radius 3 is 2.84 bits per heavy atom. The van der Waals surface area contributed by atoms with Gasteiger partial charge in [0, 0.05) is 19.7 Å². The van der Waals surface area contributed by atoms with E-state index in [9.17, 15) is 0 Å². The molecule has 0 bridgehead atoms. The van der Waals surface area contributed by atoms with Gasteiger partial charge in [0.25, 0.3) is 5.22 Å². The van der Waals surface area contributed by atoms with Crippen molar-refractivity contribution in [3.8, 4) is 0 Å². The lowest BCUT2D eigenvalue weighted by molar-refractivity contribution is 0.177. The maximum Gasteiger partial charge on any atom is 0.262 e. The molecule has 0 unspecified atom stereocenters. The molecule has 6 nitrogen and oxygen atoms in total. The summed E-state index contributed by atoms with van der Waals surface area (Å²) in [6.45, 7) is 5.07. The van der Waals surface area contributed by atoms with E-state index in [-0.39, 0.29) is 0 Å². The topological polar surface area (TPSA) is 73.1 Å². The molecule has 2 aromatic rings. The molecule has 1 N–H and O–H groups in total. The Hall–Kier alpha value is -1.60. The summed E-state index contributed by atoms with van der Waals surface area (Å²) in [4.78, 5) is 13.0. The normalized spacial score (nSPS) is 10.7. The fraction of sp³-hybridized carbons (Fsp3) is 0.417. The number of ether oxygens (including phenoxy) is 1. The van der Waals surface area contributed by atoms with Gasteiger partial charge in [-0.2, -0.15) is 0 Å². The second-order valence-corrected chi connectivity index (χ2v) is 4.80. The third kappa shape index (κ3) is 3.93. The molecule has 0 aliphatic carbocycles. The zero-order valence-electron chi connectivity index (χ0n) is 11.1. The summed E-state index contributed by atoms with van der Waals surface area (Å²) < 4.78 is 10.4. The van der Waals surface area contributed by atoms with Crippen molar-refractivity contribution in [3.63, 3.8) is 0 Å². The highest BCUT2D eigenvalue weighted by atomic mass is 32.2. The van der Waals surface area contributed by atoms with Crippen molar-refractivity contribution in [1.82, 2.24) is 15.0 Å². The summed E-state index contributed by atoms with van der Waals surface area (Å²) in [6.07, 6.45) is 1.62. The van der Waals surface area contributed by atoms with Gasteiger partial charge in [-0.1, -0.05) is 0 Å². The van der Waals surface area contributed by atoms with Crippen molar-refractivity contribution in [2.24, 2.45) is 0 Å². The van der Waals surface area contributed by atoms with E-state index in [1.54, 1.807) is 13.4 Å². The lowest BCUT2D eigenvalue weighted by atomic mass is 10.5. The minimum Gasteiger partial charge on any atom is -0.439 e. The van der Waals surface area contributed by atoms with Crippen LogP contribution in [-0.4, -0.2) is 28.6 Å². The molecule has 0 amide bonds. The number of aromatic nitrogens is 3. The summed E-state index contributed by atoms with van der Waals surface area (Å²) in [6, 6.07) is 1.87. The Balaban J connectivity index is 2.22. The third-order valence-electron chi connectivity index (χ3n) is 2.17. The summed E-state index contributed by atoms with van der Waals surface area (Å²) >= 11 is 1.36. The van der Waals surface area contributed by atoms with Crippen molar-refractivity contribution in [1.29, 1.82) is 0 Å². The fourth-order valence-electron chi connectivity index (χ4n) is 1.46. The molecule has 7 heteroatoms. The number of rotatable bonds is 6. The second-order valence-electron chi connectivity index (χ2n) is 3.83. The van der Waals surface area contributed by atoms with Crippen LogP contribution in [0.1, 0.15) is 18.4 Å². The quantitative estimate of drug-likeness (QED) is 0.815. The second kappa shape index (κ2) is 6.53. The number of hydrogen-bond acceptors (Lipinski definition) is 7. The van der Waals surface area contributed by atoms with Crippen molar-refractivity contribution in [2.75, 3.05) is 19.0 Å². The largest absolute Gasteiger partial charge is 0.439 e. The van der Waals surface area contributed by atoms with Crippen LogP contribution < -0.4 is 5.32 Å². The molecule has 0 atom stereocenters. The minimum atomic E-state index is 0.372. The predicted molar refractivity (Wildman–Crippen MR) is 72.3 cm³/mol. The molecule has 102 valence electrons. The SMILES string of the molecule is CCNc1cc(Sc2nc(C)co2)nc(COC)n1. The average Bonchev–Trinajstić information content (AvgIpc) is 2.75. The van der Waals surface area contributed by atoms with Gasteiger partial charge in [0.15, 0.2) is 5.82 Å². The molecule has 2 aromatic heterocycles. The van der Waals surface area contributed by atoms with Crippen LogP contribution in [0, 0.1) is 6.92 Å². The first kappa shape index (κ1) is 13.8. The smallest absolute Gasteiger partial charge is 0.262 e. The minimum absolute atomic E-state index is 0.372. The van der Waals surface area contributed by atoms with Crippen molar-refractivity contribution < 1.29 is 9.15 Å². The van der Waals surface area contributed by atoms with E-state index >= 15 is 0 Å². The Morgan fingerprint density at radius 2 is 2.21 bits per heavy atom. The number of hydrogen-bond donors (Lipinski definition) is 1. The number of oxazole rings is 1. The van der Waals surface area contributed by atoms with Crippen LogP contribution in [0.4, 0.5) is 5.82 Å². The summed E-state index contributed by atoms with van der Waals surface area (Å²) in [5, 5.41) is 4.52. The van der Waals surface area contributed by atoms with E-state index in [1.807, 2.05) is 19.9 Å². The Morgan fingerprint density at radius 1 is 1.37 bits per heavy atom. The van der Waals surface area contributed by atoms with E-state index in [1.165, 1.54) is 11.8 Å². The lowest BCUT2D eigenvalue weighted by Crippen LogP contribution is -2.05. The van der Waals surface area contributed by atoms with E-state index in [0.717, 1.165) is 23.1 Å². The molecule has 0 radical (unpaired) electrons. The van der Waals surface area contributed by atoms with Gasteiger partial charge in [-0.15, -0.1) is 0 Å². The number of nitrogens with one attached hydrogen (secondary N) is 1. The van der Waals surface area contributed by atoms with E-state index < -0.39 is 0 Å². The zero-order valence-corrected chi connectivity index (χ0v) is 12.0. The van der Waals surface area contributed by atoms with Crippen LogP contribution in [0.2, 0.25) is 0 Å². The maximum absolute atomic E-state index is 5.31. The van der Waals surface area contributed by atoms with Gasteiger partial charge in [-0.05, 0) is 25.6 Å². The first-order valence-corrected chi connectivity index (χ1v) is 6.73. The molecule has 0 aliphatic rings. The van der Waals surface area contributed by atoms with E-state index in [0.29, 0.717) is 17.7 Å². The Bertz CT molecular complexity index is 520. The summed E-state index contributed by atoms with van der Waals surface area (Å²) in [5.74, 6) is 1.40. The van der Waals surface area contributed by atoms with Gasteiger partial charge >= 0.3 is 0 Å². The molecule has 0 saturated carbocycles. The number of nitrogens with zero attached hydrogens (tertiary/aromatic N) is 3. The predicted octanol–water partition coefficient (Wildman–Crippen LogP) is 2.50. The number of aryl methyl sites for hydroxylation is 1. The standard InChI is InChI=1S/C12H16N4O2S/c1-4-13-9-5-11(16-10(15-9)7-17-3)19-12-14-8(2)6-18-12/h5-6H,4,7H2,1-3H3,(H,13,15,16). The monoisotopic (exact) mass is 280 g/mol. The van der Waals surface area contributed by atoms with Crippen molar-refractivity contribution in [2.45, 2.75) is 30.7 Å². The lowest BCUT2D eigenvalue weighted by Gasteiger charge is -2.07. The van der Waals surface area contributed by atoms with Crippen LogP contribution in [0.5, 0.6) is 0 Å². The highest BCUT2D eigenvalue weighted by Gasteiger charge is 2.09. The van der Waals surface area contributed by atoms with E-state index in [2.05, 4.69) is 20.3 Å². The summed E-state index contributed by atoms with van der Waals surface area (Å²) in [7, 11) is 1.62. The van der Waals surface area contributed by atoms with Crippen LogP contribution in [-0.2, 0) is 11.3 Å². The molecular weight excluding hydrogens is 264 g/mol. The zero-order chi connectivity index (χ0) is 13.7. The van der Waals surface area contributed by atoms with Crippen molar-refractivity contribution in [3.05, 3.63) is 23.8 Å². The van der Waals surface area contributed by atoms with Crippen LogP contribution >= 0.6 is 11.8 Å². The average molecular weight is 280 g/mol. The number of anilines is 1. The van der Waals surface area contributed by atoms with Crippen LogP contribution in [0.3, 0.4) is 0 Å². The maximum atomic E-state index is 5.31. The molecular formula is C12H16N4O2S. The highest BCUT2D eigenvalue weighted by molar-refractivity contribution is 7.99. The van der Waals surface area contributed by atoms with Gasteiger partial charge in [0.1, 0.15) is 23.7 Å². The molecule has 0 spiro atoms. The van der Waals surface area contributed by atoms with Gasteiger partial charge in [0.2, 0.25) is 0 Å². The fourth-order valence-corrected chi connectivity index (χ4v) is 2.25. The molecule has 0 aromatic carbocycles. The Labute approximate surface area is 116 Å². The van der Waals surface area contributed by atoms with Crippen LogP contribution in [0.15, 0.2) is 27.0 Å². The highest BCUT2D eigenvalue weighted by Crippen LogP contribution is 2.26. The molecule has 0 aliphatic heterocycles. The summed E-state index contributed by atoms with van der Waals surface area (Å²) in [5.41, 5.74) is 0.848. The third-order valence-corrected chi connectivity index (χ3v) is 2.95. The van der Waals surface area contributed by atoms with Crippen LogP contribution in [0.25, 0.3) is 0 Å². The van der Waals surface area contributed by atoms with Gasteiger partial charge in [0.05, 0.1) is 5.69 Å². The van der Waals surface area contributed by atoms with Crippen molar-refractivity contribution >= 4 is 17.6 Å². The first-order chi connectivity index (χ1) is 9.21. The number of methoxy groups -OCH3 is 1. The first-order valence-electron chi connectivity index (χ1n) is 5.92. The van der Waals surface area contributed by atoms with Gasteiger partial charge in [-0.3, -0.25) is 0 Å². The molecule has 2 heterocycles. The van der Waals surface area contributed by atoms with Gasteiger partial charge in [-0.25, -0.2) is 15.0 Å². The molecule has 0 fully saturated rings. The Kier molecular flexibility index (Phi) is 4.75. The molecule has 0 saturated heterocycles. The van der Waals surface area contributed by atoms with E-state index in [4.69, 9.17) is 9.15 Å². The van der Waals surface area contributed by atoms with Gasteiger partial charge < -0.3 is 14.5 Å². The molecule has 19 heavy (non-hydrogen) atoms.